The minimum atomic E-state index is 0.243. The average molecular weight is 283 g/mol. The van der Waals surface area contributed by atoms with Crippen LogP contribution < -0.4 is 5.32 Å². The van der Waals surface area contributed by atoms with Crippen LogP contribution in [0.3, 0.4) is 0 Å². The molecule has 0 radical (unpaired) electrons. The molecule has 0 amide bonds. The second-order valence-electron chi connectivity index (χ2n) is 7.08. The third-order valence-electron chi connectivity index (χ3n) is 5.68. The van der Waals surface area contributed by atoms with E-state index in [0.29, 0.717) is 0 Å². The lowest BCUT2D eigenvalue weighted by Crippen LogP contribution is -2.48. The van der Waals surface area contributed by atoms with Crippen molar-refractivity contribution in [3.05, 3.63) is 0 Å². The Morgan fingerprint density at radius 2 is 2.16 bits per heavy atom. The van der Waals surface area contributed by atoms with Gasteiger partial charge in [0.1, 0.15) is 0 Å². The molecule has 0 bridgehead atoms. The molecule has 0 aromatic carbocycles. The number of ether oxygens (including phenoxy) is 1. The Morgan fingerprint density at radius 1 is 1.26 bits per heavy atom. The molecule has 2 nitrogen and oxygen atoms in total. The van der Waals surface area contributed by atoms with Crippen molar-refractivity contribution in [1.29, 1.82) is 0 Å². The Kier molecular flexibility index (Phi) is 4.45. The summed E-state index contributed by atoms with van der Waals surface area (Å²) in [5.41, 5.74) is 0.243. The van der Waals surface area contributed by atoms with Crippen molar-refractivity contribution >= 4 is 11.8 Å². The molecule has 1 spiro atoms. The maximum atomic E-state index is 6.19. The zero-order chi connectivity index (χ0) is 13.3. The van der Waals surface area contributed by atoms with E-state index >= 15 is 0 Å². The molecular weight excluding hydrogens is 254 g/mol. The van der Waals surface area contributed by atoms with Crippen LogP contribution in [0.1, 0.15) is 45.4 Å². The highest BCUT2D eigenvalue weighted by Crippen LogP contribution is 2.44. The maximum absolute atomic E-state index is 6.19. The summed E-state index contributed by atoms with van der Waals surface area (Å²) in [5, 5.41) is 3.68. The van der Waals surface area contributed by atoms with Crippen LogP contribution in [0.25, 0.3) is 0 Å². The molecule has 110 valence electrons. The van der Waals surface area contributed by atoms with Crippen molar-refractivity contribution in [2.75, 3.05) is 25.2 Å². The van der Waals surface area contributed by atoms with Gasteiger partial charge in [-0.2, -0.15) is 11.8 Å². The molecule has 19 heavy (non-hydrogen) atoms. The van der Waals surface area contributed by atoms with Crippen LogP contribution in [-0.4, -0.2) is 36.8 Å². The maximum Gasteiger partial charge on any atom is 0.0783 e. The fraction of sp³-hybridized carbons (Fsp3) is 1.00. The highest BCUT2D eigenvalue weighted by atomic mass is 32.2. The van der Waals surface area contributed by atoms with Crippen LogP contribution in [0, 0.1) is 17.8 Å². The summed E-state index contributed by atoms with van der Waals surface area (Å²) in [4.78, 5) is 0. The van der Waals surface area contributed by atoms with Crippen LogP contribution in [0.2, 0.25) is 0 Å². The molecular formula is C16H29NOS. The van der Waals surface area contributed by atoms with E-state index in [9.17, 15) is 0 Å². The largest absolute Gasteiger partial charge is 0.374 e. The third-order valence-corrected chi connectivity index (χ3v) is 6.91. The third kappa shape index (κ3) is 2.98. The molecule has 2 aliphatic heterocycles. The van der Waals surface area contributed by atoms with Gasteiger partial charge in [0.25, 0.3) is 0 Å². The van der Waals surface area contributed by atoms with Gasteiger partial charge in [-0.1, -0.05) is 13.3 Å². The van der Waals surface area contributed by atoms with Gasteiger partial charge < -0.3 is 10.1 Å². The predicted octanol–water partition coefficient (Wildman–Crippen LogP) is 3.31. The number of thioether (sulfide) groups is 1. The molecule has 3 aliphatic rings. The van der Waals surface area contributed by atoms with E-state index in [4.69, 9.17) is 4.74 Å². The average Bonchev–Trinajstić information content (AvgIpc) is 3.01. The first-order valence-electron chi connectivity index (χ1n) is 8.11. The highest BCUT2D eigenvalue weighted by Gasteiger charge is 2.44. The highest BCUT2D eigenvalue weighted by molar-refractivity contribution is 7.99. The lowest BCUT2D eigenvalue weighted by Gasteiger charge is -2.42. The Hall–Kier alpha value is 0.270. The predicted molar refractivity (Wildman–Crippen MR) is 82.7 cm³/mol. The smallest absolute Gasteiger partial charge is 0.0783 e. The number of rotatable bonds is 3. The monoisotopic (exact) mass is 283 g/mol. The van der Waals surface area contributed by atoms with Crippen LogP contribution >= 0.6 is 11.8 Å². The Morgan fingerprint density at radius 3 is 2.79 bits per heavy atom. The summed E-state index contributed by atoms with van der Waals surface area (Å²) in [5.74, 6) is 5.23. The lowest BCUT2D eigenvalue weighted by molar-refractivity contribution is -0.0879. The quantitative estimate of drug-likeness (QED) is 0.858. The molecule has 3 fully saturated rings. The molecule has 1 saturated carbocycles. The van der Waals surface area contributed by atoms with Crippen molar-refractivity contribution in [2.45, 2.75) is 57.1 Å². The first-order chi connectivity index (χ1) is 9.22. The number of hydrogen-bond acceptors (Lipinski definition) is 3. The second kappa shape index (κ2) is 5.95. The molecule has 0 aromatic heterocycles. The van der Waals surface area contributed by atoms with E-state index in [1.807, 2.05) is 0 Å². The van der Waals surface area contributed by atoms with Crippen LogP contribution in [0.5, 0.6) is 0 Å². The van der Waals surface area contributed by atoms with Gasteiger partial charge >= 0.3 is 0 Å². The van der Waals surface area contributed by atoms with E-state index in [-0.39, 0.29) is 5.60 Å². The van der Waals surface area contributed by atoms with Gasteiger partial charge in [-0.15, -0.1) is 0 Å². The van der Waals surface area contributed by atoms with E-state index in [0.717, 1.165) is 30.4 Å². The SMILES string of the molecule is CNC(C1CCC(C)C1)C1CCOC2(CCSC2)C1. The zero-order valence-corrected chi connectivity index (χ0v) is 13.3. The molecule has 2 saturated heterocycles. The Balaban J connectivity index is 1.65. The van der Waals surface area contributed by atoms with Crippen LogP contribution in [0.15, 0.2) is 0 Å². The first-order valence-corrected chi connectivity index (χ1v) is 9.27. The normalized spacial score (nSPS) is 44.8. The van der Waals surface area contributed by atoms with Gasteiger partial charge in [0, 0.05) is 18.4 Å². The van der Waals surface area contributed by atoms with Crippen molar-refractivity contribution in [1.82, 2.24) is 5.32 Å². The van der Waals surface area contributed by atoms with Crippen LogP contribution in [-0.2, 0) is 4.74 Å². The minimum absolute atomic E-state index is 0.243. The molecule has 0 aromatic rings. The summed E-state index contributed by atoms with van der Waals surface area (Å²) in [6.45, 7) is 3.41. The van der Waals surface area contributed by atoms with E-state index in [1.54, 1.807) is 0 Å². The summed E-state index contributed by atoms with van der Waals surface area (Å²) < 4.78 is 6.19. The molecule has 5 atom stereocenters. The molecule has 1 aliphatic carbocycles. The van der Waals surface area contributed by atoms with Crippen molar-refractivity contribution in [2.24, 2.45) is 17.8 Å². The molecule has 5 unspecified atom stereocenters. The summed E-state index contributed by atoms with van der Waals surface area (Å²) in [7, 11) is 2.18. The first kappa shape index (κ1) is 14.2. The van der Waals surface area contributed by atoms with Crippen molar-refractivity contribution < 1.29 is 4.74 Å². The van der Waals surface area contributed by atoms with Crippen molar-refractivity contribution in [3.63, 3.8) is 0 Å². The summed E-state index contributed by atoms with van der Waals surface area (Å²) in [6.07, 6.45) is 8.16. The molecule has 1 N–H and O–H groups in total. The Labute approximate surface area is 122 Å². The van der Waals surface area contributed by atoms with E-state index < -0.39 is 0 Å². The van der Waals surface area contributed by atoms with E-state index in [1.165, 1.54) is 50.0 Å². The van der Waals surface area contributed by atoms with Gasteiger partial charge in [0.05, 0.1) is 5.60 Å². The Bertz CT molecular complexity index is 303. The number of hydrogen-bond donors (Lipinski definition) is 1. The fourth-order valence-corrected chi connectivity index (χ4v) is 6.05. The zero-order valence-electron chi connectivity index (χ0n) is 12.5. The summed E-state index contributed by atoms with van der Waals surface area (Å²) >= 11 is 2.09. The lowest BCUT2D eigenvalue weighted by atomic mass is 9.76. The van der Waals surface area contributed by atoms with Gasteiger partial charge in [0.15, 0.2) is 0 Å². The van der Waals surface area contributed by atoms with Gasteiger partial charge in [-0.25, -0.2) is 0 Å². The van der Waals surface area contributed by atoms with E-state index in [2.05, 4.69) is 31.1 Å². The minimum Gasteiger partial charge on any atom is -0.374 e. The molecule has 3 rings (SSSR count). The number of nitrogens with one attached hydrogen (secondary N) is 1. The van der Waals surface area contributed by atoms with Crippen molar-refractivity contribution in [3.8, 4) is 0 Å². The molecule has 2 heterocycles. The topological polar surface area (TPSA) is 21.3 Å². The van der Waals surface area contributed by atoms with Gasteiger partial charge in [0.2, 0.25) is 0 Å². The van der Waals surface area contributed by atoms with Gasteiger partial charge in [-0.05, 0) is 62.7 Å². The summed E-state index contributed by atoms with van der Waals surface area (Å²) in [6, 6.07) is 0.733. The second-order valence-corrected chi connectivity index (χ2v) is 8.18. The standard InChI is InChI=1S/C16H29NOS/c1-12-3-4-13(9-12)15(17-2)14-5-7-18-16(10-14)6-8-19-11-16/h12-15,17H,3-11H2,1-2H3. The fourth-order valence-electron chi connectivity index (χ4n) is 4.67. The van der Waals surface area contributed by atoms with Gasteiger partial charge in [-0.3, -0.25) is 0 Å². The van der Waals surface area contributed by atoms with Crippen LogP contribution in [0.4, 0.5) is 0 Å². The molecule has 3 heteroatoms.